The molecule has 34 heavy (non-hydrogen) atoms. The number of nitrogens with zero attached hydrogens (tertiary/aromatic N) is 4. The van der Waals surface area contributed by atoms with Crippen molar-refractivity contribution in [2.45, 2.75) is 24.7 Å². The van der Waals surface area contributed by atoms with Crippen molar-refractivity contribution in [1.82, 2.24) is 14.7 Å². The standard InChI is InChI=1S/C23H24F3N5O3/c1-33-19-6-3-2-5-17(19)29-8-10-30(11-9-29)22(32)15-14-27-31-20(23(24,25)26)13-16(28-21(15)31)18-7-4-12-34-18/h2-7,12,14,16,20,28H,8-11,13H2,1H3/t16-,20+/m1/s1. The van der Waals surface area contributed by atoms with Crippen molar-refractivity contribution in [3.05, 3.63) is 60.2 Å². The molecule has 2 atom stereocenters. The van der Waals surface area contributed by atoms with Crippen molar-refractivity contribution in [3.8, 4) is 5.75 Å². The van der Waals surface area contributed by atoms with Crippen LogP contribution in [-0.4, -0.2) is 60.1 Å². The summed E-state index contributed by atoms with van der Waals surface area (Å²) >= 11 is 0. The van der Waals surface area contributed by atoms with Crippen molar-refractivity contribution in [2.75, 3.05) is 43.5 Å². The topological polar surface area (TPSA) is 75.8 Å². The molecule has 0 bridgehead atoms. The molecule has 180 valence electrons. The lowest BCUT2D eigenvalue weighted by atomic mass is 10.0. The number of rotatable bonds is 4. The lowest BCUT2D eigenvalue weighted by Gasteiger charge is -2.37. The van der Waals surface area contributed by atoms with E-state index < -0.39 is 18.3 Å². The molecule has 0 unspecified atom stereocenters. The second-order valence-electron chi connectivity index (χ2n) is 8.31. The smallest absolute Gasteiger partial charge is 0.410 e. The van der Waals surface area contributed by atoms with Crippen LogP contribution < -0.4 is 15.0 Å². The molecular formula is C23H24F3N5O3. The maximum atomic E-state index is 13.8. The highest BCUT2D eigenvalue weighted by Crippen LogP contribution is 2.44. The number of alkyl halides is 3. The zero-order chi connectivity index (χ0) is 23.9. The molecule has 0 aliphatic carbocycles. The van der Waals surface area contributed by atoms with Gasteiger partial charge in [0.15, 0.2) is 6.04 Å². The molecule has 1 aromatic carbocycles. The van der Waals surface area contributed by atoms with E-state index in [-0.39, 0.29) is 23.7 Å². The Morgan fingerprint density at radius 3 is 2.59 bits per heavy atom. The number of halogens is 3. The summed E-state index contributed by atoms with van der Waals surface area (Å²) in [7, 11) is 1.61. The number of hydrogen-bond acceptors (Lipinski definition) is 6. The monoisotopic (exact) mass is 475 g/mol. The first-order valence-electron chi connectivity index (χ1n) is 11.0. The van der Waals surface area contributed by atoms with Crippen molar-refractivity contribution >= 4 is 17.4 Å². The van der Waals surface area contributed by atoms with Crippen molar-refractivity contribution in [2.24, 2.45) is 0 Å². The number of hydrogen-bond donors (Lipinski definition) is 1. The van der Waals surface area contributed by atoms with Gasteiger partial charge in [0.2, 0.25) is 0 Å². The van der Waals surface area contributed by atoms with Crippen molar-refractivity contribution < 1.29 is 27.1 Å². The lowest BCUT2D eigenvalue weighted by Crippen LogP contribution is -2.49. The van der Waals surface area contributed by atoms with Crippen LogP contribution in [-0.2, 0) is 0 Å². The van der Waals surface area contributed by atoms with Crippen LogP contribution in [0.3, 0.4) is 0 Å². The third kappa shape index (κ3) is 3.95. The average Bonchev–Trinajstić information content (AvgIpc) is 3.53. The Morgan fingerprint density at radius 1 is 1.15 bits per heavy atom. The maximum Gasteiger partial charge on any atom is 0.410 e. The minimum absolute atomic E-state index is 0.0622. The number of amides is 1. The summed E-state index contributed by atoms with van der Waals surface area (Å²) in [5, 5.41) is 7.00. The van der Waals surface area contributed by atoms with Gasteiger partial charge in [0, 0.05) is 32.6 Å². The second-order valence-corrected chi connectivity index (χ2v) is 8.31. The van der Waals surface area contributed by atoms with Gasteiger partial charge in [-0.15, -0.1) is 0 Å². The molecule has 3 aromatic rings. The van der Waals surface area contributed by atoms with E-state index in [1.165, 1.54) is 12.5 Å². The SMILES string of the molecule is COc1ccccc1N1CCN(C(=O)c2cnn3c2N[C@@H](c2ccco2)C[C@H]3C(F)(F)F)CC1. The maximum absolute atomic E-state index is 13.8. The fraction of sp³-hybridized carbons (Fsp3) is 0.391. The van der Waals surface area contributed by atoms with Crippen LogP contribution in [0.5, 0.6) is 5.75 Å². The van der Waals surface area contributed by atoms with Crippen LogP contribution >= 0.6 is 0 Å². The summed E-state index contributed by atoms with van der Waals surface area (Å²) in [6, 6.07) is 8.32. The highest BCUT2D eigenvalue weighted by molar-refractivity contribution is 5.99. The number of para-hydroxylation sites is 2. The van der Waals surface area contributed by atoms with Gasteiger partial charge in [-0.3, -0.25) is 4.79 Å². The predicted octanol–water partition coefficient (Wildman–Crippen LogP) is 4.11. The molecule has 8 nitrogen and oxygen atoms in total. The number of furan rings is 1. The molecule has 4 heterocycles. The van der Waals surface area contributed by atoms with Gasteiger partial charge < -0.3 is 24.3 Å². The first-order chi connectivity index (χ1) is 16.4. The number of fused-ring (bicyclic) bond motifs is 1. The van der Waals surface area contributed by atoms with Gasteiger partial charge in [0.1, 0.15) is 22.9 Å². The van der Waals surface area contributed by atoms with E-state index in [9.17, 15) is 18.0 Å². The van der Waals surface area contributed by atoms with Crippen LogP contribution in [0.25, 0.3) is 0 Å². The number of carbonyl (C=O) groups excluding carboxylic acids is 1. The Kier molecular flexibility index (Phi) is 5.62. The summed E-state index contributed by atoms with van der Waals surface area (Å²) in [6.07, 6.45) is -2.16. The van der Waals surface area contributed by atoms with Crippen LogP contribution in [0.1, 0.15) is 34.6 Å². The predicted molar refractivity (Wildman–Crippen MR) is 118 cm³/mol. The van der Waals surface area contributed by atoms with Crippen LogP contribution in [0.2, 0.25) is 0 Å². The van der Waals surface area contributed by atoms with Gasteiger partial charge in [-0.05, 0) is 24.3 Å². The van der Waals surface area contributed by atoms with E-state index in [4.69, 9.17) is 9.15 Å². The molecule has 2 aromatic heterocycles. The zero-order valence-electron chi connectivity index (χ0n) is 18.5. The van der Waals surface area contributed by atoms with E-state index in [2.05, 4.69) is 15.3 Å². The van der Waals surface area contributed by atoms with E-state index in [0.29, 0.717) is 31.9 Å². The number of carbonyl (C=O) groups is 1. The van der Waals surface area contributed by atoms with Gasteiger partial charge >= 0.3 is 6.18 Å². The molecule has 1 fully saturated rings. The number of ether oxygens (including phenoxy) is 1. The third-order valence-electron chi connectivity index (χ3n) is 6.35. The average molecular weight is 475 g/mol. The van der Waals surface area contributed by atoms with Crippen LogP contribution in [0, 0.1) is 0 Å². The van der Waals surface area contributed by atoms with Crippen molar-refractivity contribution in [1.29, 1.82) is 0 Å². The molecular weight excluding hydrogens is 451 g/mol. The van der Waals surface area contributed by atoms with Crippen LogP contribution in [0.4, 0.5) is 24.7 Å². The van der Waals surface area contributed by atoms with Gasteiger partial charge in [-0.25, -0.2) is 4.68 Å². The highest BCUT2D eigenvalue weighted by atomic mass is 19.4. The summed E-state index contributed by atoms with van der Waals surface area (Å²) < 4.78 is 53.2. The van der Waals surface area contributed by atoms with Gasteiger partial charge in [-0.2, -0.15) is 18.3 Å². The number of piperazine rings is 1. The fourth-order valence-electron chi connectivity index (χ4n) is 4.61. The molecule has 0 spiro atoms. The molecule has 11 heteroatoms. The Bertz CT molecular complexity index is 1150. The van der Waals surface area contributed by atoms with Gasteiger partial charge in [0.25, 0.3) is 5.91 Å². The lowest BCUT2D eigenvalue weighted by molar-refractivity contribution is -0.174. The van der Waals surface area contributed by atoms with Crippen molar-refractivity contribution in [3.63, 3.8) is 0 Å². The molecule has 0 radical (unpaired) electrons. The second kappa shape index (κ2) is 8.62. The molecule has 1 amide bonds. The number of anilines is 2. The quantitative estimate of drug-likeness (QED) is 0.612. The molecule has 5 rings (SSSR count). The number of nitrogens with one attached hydrogen (secondary N) is 1. The highest BCUT2D eigenvalue weighted by Gasteiger charge is 2.48. The Balaban J connectivity index is 1.36. The van der Waals surface area contributed by atoms with Crippen LogP contribution in [0.15, 0.2) is 53.3 Å². The molecule has 0 saturated carbocycles. The summed E-state index contributed by atoms with van der Waals surface area (Å²) in [5.41, 5.74) is 1.06. The third-order valence-corrected chi connectivity index (χ3v) is 6.35. The van der Waals surface area contributed by atoms with E-state index in [0.717, 1.165) is 16.1 Å². The minimum atomic E-state index is -4.52. The number of methoxy groups -OCH3 is 1. The fourth-order valence-corrected chi connectivity index (χ4v) is 4.61. The Labute approximate surface area is 193 Å². The molecule has 2 aliphatic rings. The number of benzene rings is 1. The van der Waals surface area contributed by atoms with E-state index in [1.54, 1.807) is 24.1 Å². The minimum Gasteiger partial charge on any atom is -0.495 e. The van der Waals surface area contributed by atoms with Gasteiger partial charge in [0.05, 0.1) is 31.3 Å². The normalized spacial score (nSPS) is 20.6. The summed E-state index contributed by atoms with van der Waals surface area (Å²) in [4.78, 5) is 17.1. The first kappa shape index (κ1) is 22.2. The van der Waals surface area contributed by atoms with E-state index in [1.807, 2.05) is 24.3 Å². The molecule has 2 aliphatic heterocycles. The number of aromatic nitrogens is 2. The summed E-state index contributed by atoms with van der Waals surface area (Å²) in [5.74, 6) is 0.839. The zero-order valence-corrected chi connectivity index (χ0v) is 18.5. The van der Waals surface area contributed by atoms with Gasteiger partial charge in [-0.1, -0.05) is 12.1 Å². The largest absolute Gasteiger partial charge is 0.495 e. The Hall–Kier alpha value is -3.63. The summed E-state index contributed by atoms with van der Waals surface area (Å²) in [6.45, 7) is 1.99. The first-order valence-corrected chi connectivity index (χ1v) is 11.0. The Morgan fingerprint density at radius 2 is 1.91 bits per heavy atom. The van der Waals surface area contributed by atoms with E-state index >= 15 is 0 Å². The molecule has 1 N–H and O–H groups in total. The molecule has 1 saturated heterocycles.